The van der Waals surface area contributed by atoms with Gasteiger partial charge in [-0.25, -0.2) is 0 Å². The second-order valence-corrected chi connectivity index (χ2v) is 5.60. The molecule has 1 heterocycles. The summed E-state index contributed by atoms with van der Waals surface area (Å²) < 4.78 is 0. The van der Waals surface area contributed by atoms with E-state index in [1.165, 1.54) is 11.1 Å². The zero-order valence-corrected chi connectivity index (χ0v) is 12.4. The highest BCUT2D eigenvalue weighted by Crippen LogP contribution is 2.32. The molecule has 3 heteroatoms. The van der Waals surface area contributed by atoms with Crippen molar-refractivity contribution in [1.82, 2.24) is 0 Å². The van der Waals surface area contributed by atoms with Gasteiger partial charge in [-0.3, -0.25) is 4.99 Å². The Labute approximate surface area is 124 Å². The van der Waals surface area contributed by atoms with Crippen molar-refractivity contribution in [2.24, 2.45) is 4.99 Å². The molecule has 1 N–H and O–H groups in total. The monoisotopic (exact) mass is 280 g/mol. The van der Waals surface area contributed by atoms with E-state index in [2.05, 4.69) is 43.4 Å². The molecule has 1 aliphatic heterocycles. The summed E-state index contributed by atoms with van der Waals surface area (Å²) in [4.78, 5) is 5.64. The molecule has 0 amide bonds. The summed E-state index contributed by atoms with van der Waals surface area (Å²) in [6.07, 6.45) is 0.673. The second kappa shape index (κ2) is 5.17. The van der Waals surface area contributed by atoms with Crippen LogP contribution in [0.1, 0.15) is 23.1 Å². The molecule has 0 aromatic heterocycles. The molecule has 0 saturated heterocycles. The molecule has 0 radical (unpaired) electrons. The van der Waals surface area contributed by atoms with Crippen molar-refractivity contribution in [3.05, 3.63) is 59.2 Å². The number of benzene rings is 2. The van der Waals surface area contributed by atoms with E-state index in [0.717, 1.165) is 27.6 Å². The van der Waals surface area contributed by atoms with Crippen LogP contribution in [0.25, 0.3) is 0 Å². The first-order valence-corrected chi connectivity index (χ1v) is 7.08. The molecule has 3 rings (SSSR count). The molecule has 1 aliphatic rings. The van der Waals surface area contributed by atoms with Crippen LogP contribution >= 0.6 is 12.2 Å². The minimum absolute atomic E-state index is 0.673. The lowest BCUT2D eigenvalue weighted by molar-refractivity contribution is 1.33. The lowest BCUT2D eigenvalue weighted by atomic mass is 10.1. The third kappa shape index (κ3) is 2.49. The van der Waals surface area contributed by atoms with Gasteiger partial charge >= 0.3 is 0 Å². The number of rotatable bonds is 1. The van der Waals surface area contributed by atoms with E-state index >= 15 is 0 Å². The Morgan fingerprint density at radius 1 is 1.05 bits per heavy atom. The Morgan fingerprint density at radius 3 is 2.50 bits per heavy atom. The van der Waals surface area contributed by atoms with Crippen LogP contribution in [0.15, 0.2) is 47.5 Å². The molecule has 0 aliphatic carbocycles. The molecule has 2 aromatic carbocycles. The van der Waals surface area contributed by atoms with Crippen molar-refractivity contribution in [3.8, 4) is 0 Å². The number of thiocarbonyl (C=S) groups is 1. The van der Waals surface area contributed by atoms with Gasteiger partial charge in [0, 0.05) is 6.42 Å². The lowest BCUT2D eigenvalue weighted by Gasteiger charge is -2.09. The zero-order valence-electron chi connectivity index (χ0n) is 11.6. The standard InChI is InChI=1S/C17H16N2S/c1-11-8-15-16(9-12(11)2)19-17(20)10-14(18-15)13-6-4-3-5-7-13/h3-9H,10H2,1-2H3,(H,19,20). The summed E-state index contributed by atoms with van der Waals surface area (Å²) in [7, 11) is 0. The van der Waals surface area contributed by atoms with Crippen molar-refractivity contribution in [1.29, 1.82) is 0 Å². The molecular formula is C17H16N2S. The Balaban J connectivity index is 2.14. The molecule has 2 aromatic rings. The minimum Gasteiger partial charge on any atom is -0.348 e. The molecule has 0 bridgehead atoms. The normalized spacial score (nSPS) is 14.1. The maximum absolute atomic E-state index is 5.43. The number of hydrogen-bond donors (Lipinski definition) is 1. The average molecular weight is 280 g/mol. The summed E-state index contributed by atoms with van der Waals surface area (Å²) in [5, 5.41) is 3.31. The Hall–Kier alpha value is -2.00. The van der Waals surface area contributed by atoms with Gasteiger partial charge in [-0.2, -0.15) is 0 Å². The van der Waals surface area contributed by atoms with Crippen LogP contribution in [0.5, 0.6) is 0 Å². The molecule has 0 unspecified atom stereocenters. The van der Waals surface area contributed by atoms with E-state index in [1.807, 2.05) is 18.2 Å². The van der Waals surface area contributed by atoms with Crippen LogP contribution in [0.2, 0.25) is 0 Å². The van der Waals surface area contributed by atoms with Crippen molar-refractivity contribution >= 4 is 34.3 Å². The van der Waals surface area contributed by atoms with Gasteiger partial charge in [0.05, 0.1) is 22.1 Å². The molecule has 100 valence electrons. The molecule has 0 fully saturated rings. The van der Waals surface area contributed by atoms with Gasteiger partial charge in [-0.05, 0) is 42.7 Å². The first-order chi connectivity index (χ1) is 9.63. The Kier molecular flexibility index (Phi) is 3.36. The number of fused-ring (bicyclic) bond motifs is 1. The van der Waals surface area contributed by atoms with Gasteiger partial charge in [-0.1, -0.05) is 42.5 Å². The molecule has 2 nitrogen and oxygen atoms in total. The van der Waals surface area contributed by atoms with Crippen molar-refractivity contribution in [2.75, 3.05) is 5.32 Å². The van der Waals surface area contributed by atoms with Gasteiger partial charge in [0.2, 0.25) is 0 Å². The number of aryl methyl sites for hydroxylation is 2. The second-order valence-electron chi connectivity index (χ2n) is 5.10. The average Bonchev–Trinajstić information content (AvgIpc) is 2.59. The van der Waals surface area contributed by atoms with Crippen LogP contribution in [0, 0.1) is 13.8 Å². The number of anilines is 1. The Morgan fingerprint density at radius 2 is 1.75 bits per heavy atom. The SMILES string of the molecule is Cc1cc2c(cc1C)NC(=S)CC(c1ccccc1)=N2. The maximum Gasteiger partial charge on any atom is 0.0871 e. The van der Waals surface area contributed by atoms with Gasteiger partial charge in [-0.15, -0.1) is 0 Å². The van der Waals surface area contributed by atoms with E-state index in [4.69, 9.17) is 17.2 Å². The van der Waals surface area contributed by atoms with Crippen LogP contribution in [-0.4, -0.2) is 10.7 Å². The number of aliphatic imine (C=N–C) groups is 1. The van der Waals surface area contributed by atoms with Crippen LogP contribution < -0.4 is 5.32 Å². The van der Waals surface area contributed by atoms with Gasteiger partial charge in [0.25, 0.3) is 0 Å². The molecule has 0 spiro atoms. The zero-order chi connectivity index (χ0) is 14.1. The van der Waals surface area contributed by atoms with Gasteiger partial charge in [0.1, 0.15) is 0 Å². The van der Waals surface area contributed by atoms with E-state index < -0.39 is 0 Å². The highest BCUT2D eigenvalue weighted by molar-refractivity contribution is 7.80. The van der Waals surface area contributed by atoms with E-state index in [1.54, 1.807) is 0 Å². The third-order valence-corrected chi connectivity index (χ3v) is 3.82. The van der Waals surface area contributed by atoms with E-state index in [-0.39, 0.29) is 0 Å². The van der Waals surface area contributed by atoms with Crippen molar-refractivity contribution < 1.29 is 0 Å². The fourth-order valence-corrected chi connectivity index (χ4v) is 2.57. The summed E-state index contributed by atoms with van der Waals surface area (Å²) in [5.41, 5.74) is 6.61. The van der Waals surface area contributed by atoms with E-state index in [9.17, 15) is 0 Å². The highest BCUT2D eigenvalue weighted by Gasteiger charge is 2.15. The first kappa shape index (κ1) is 13.0. The highest BCUT2D eigenvalue weighted by atomic mass is 32.1. The number of nitrogens with one attached hydrogen (secondary N) is 1. The van der Waals surface area contributed by atoms with Crippen molar-refractivity contribution in [3.63, 3.8) is 0 Å². The molecule has 0 saturated carbocycles. The summed E-state index contributed by atoms with van der Waals surface area (Å²) >= 11 is 5.43. The largest absolute Gasteiger partial charge is 0.348 e. The maximum atomic E-state index is 5.43. The summed E-state index contributed by atoms with van der Waals surface area (Å²) in [5.74, 6) is 0. The predicted octanol–water partition coefficient (Wildman–Crippen LogP) is 4.57. The predicted molar refractivity (Wildman–Crippen MR) is 89.4 cm³/mol. The van der Waals surface area contributed by atoms with Gasteiger partial charge in [0.15, 0.2) is 0 Å². The van der Waals surface area contributed by atoms with Crippen LogP contribution in [0.4, 0.5) is 11.4 Å². The smallest absolute Gasteiger partial charge is 0.0871 e. The molecular weight excluding hydrogens is 264 g/mol. The van der Waals surface area contributed by atoms with Crippen LogP contribution in [0.3, 0.4) is 0 Å². The first-order valence-electron chi connectivity index (χ1n) is 6.67. The van der Waals surface area contributed by atoms with Crippen LogP contribution in [-0.2, 0) is 0 Å². The quantitative estimate of drug-likeness (QED) is 0.774. The lowest BCUT2D eigenvalue weighted by Crippen LogP contribution is -2.12. The number of nitrogens with zero attached hydrogens (tertiary/aromatic N) is 1. The van der Waals surface area contributed by atoms with Gasteiger partial charge < -0.3 is 5.32 Å². The fraction of sp³-hybridized carbons (Fsp3) is 0.176. The summed E-state index contributed by atoms with van der Waals surface area (Å²) in [6.45, 7) is 4.21. The molecule has 0 atom stereocenters. The topological polar surface area (TPSA) is 24.4 Å². The number of hydrogen-bond acceptors (Lipinski definition) is 2. The minimum atomic E-state index is 0.673. The van der Waals surface area contributed by atoms with Crippen molar-refractivity contribution in [2.45, 2.75) is 20.3 Å². The summed E-state index contributed by atoms with van der Waals surface area (Å²) in [6, 6.07) is 14.5. The molecule has 20 heavy (non-hydrogen) atoms. The third-order valence-electron chi connectivity index (χ3n) is 3.58. The Bertz CT molecular complexity index is 702. The fourth-order valence-electron chi connectivity index (χ4n) is 2.32. The van der Waals surface area contributed by atoms with E-state index in [0.29, 0.717) is 6.42 Å².